The van der Waals surface area contributed by atoms with E-state index in [9.17, 15) is 0 Å². The molecule has 0 unspecified atom stereocenters. The number of hydrogen-bond donors (Lipinski definition) is 1. The number of ether oxygens (including phenoxy) is 2. The maximum absolute atomic E-state index is 6.28. The highest BCUT2D eigenvalue weighted by Gasteiger charge is 2.12. The Morgan fingerprint density at radius 1 is 1.16 bits per heavy atom. The van der Waals surface area contributed by atoms with Crippen LogP contribution in [0.2, 0.25) is 5.02 Å². The zero-order valence-electron chi connectivity index (χ0n) is 14.0. The van der Waals surface area contributed by atoms with Gasteiger partial charge in [0.15, 0.2) is 0 Å². The Bertz CT molecular complexity index is 864. The van der Waals surface area contributed by atoms with Crippen LogP contribution >= 0.6 is 11.6 Å². The first-order valence-corrected chi connectivity index (χ1v) is 8.05. The molecular weight excluding hydrogens is 340 g/mol. The third-order valence-electron chi connectivity index (χ3n) is 3.74. The highest BCUT2D eigenvalue weighted by molar-refractivity contribution is 6.31. The number of nitrogens with zero attached hydrogens (tertiary/aromatic N) is 3. The van der Waals surface area contributed by atoms with E-state index < -0.39 is 0 Å². The van der Waals surface area contributed by atoms with E-state index in [0.717, 1.165) is 22.7 Å². The lowest BCUT2D eigenvalue weighted by Gasteiger charge is -2.17. The average Bonchev–Trinajstić information content (AvgIpc) is 3.09. The van der Waals surface area contributed by atoms with Crippen LogP contribution in [-0.4, -0.2) is 23.9 Å². The summed E-state index contributed by atoms with van der Waals surface area (Å²) in [7, 11) is 3.38. The van der Waals surface area contributed by atoms with Gasteiger partial charge in [-0.15, -0.1) is 5.10 Å². The molecule has 0 amide bonds. The molecule has 7 heteroatoms. The third kappa shape index (κ3) is 3.70. The molecule has 0 fully saturated rings. The molecule has 0 aliphatic heterocycles. The molecule has 2 aromatic carbocycles. The highest BCUT2D eigenvalue weighted by atomic mass is 35.5. The van der Waals surface area contributed by atoms with E-state index in [4.69, 9.17) is 26.9 Å². The second-order valence-electron chi connectivity index (χ2n) is 5.41. The van der Waals surface area contributed by atoms with Crippen LogP contribution in [0, 0.1) is 0 Å². The molecule has 1 heterocycles. The largest absolute Gasteiger partial charge is 0.494 e. The molecule has 0 radical (unpaired) electrons. The van der Waals surface area contributed by atoms with Crippen molar-refractivity contribution < 1.29 is 9.47 Å². The fourth-order valence-electron chi connectivity index (χ4n) is 2.50. The number of rotatable bonds is 6. The minimum Gasteiger partial charge on any atom is -0.494 e. The molecule has 130 valence electrons. The summed E-state index contributed by atoms with van der Waals surface area (Å²) in [5, 5.41) is 6.54. The molecular formula is C18H19ClN4O2. The number of hydrogen-bond acceptors (Lipinski definition) is 5. The maximum Gasteiger partial charge on any atom is 0.233 e. The van der Waals surface area contributed by atoms with Crippen LogP contribution in [-0.2, 0) is 6.61 Å². The monoisotopic (exact) mass is 358 g/mol. The number of nitrogens with two attached hydrogens (primary N) is 1. The van der Waals surface area contributed by atoms with Gasteiger partial charge in [-0.05, 0) is 24.3 Å². The molecule has 0 saturated heterocycles. The number of aromatic nitrogens is 2. The van der Waals surface area contributed by atoms with Gasteiger partial charge in [-0.2, -0.15) is 0 Å². The second kappa shape index (κ2) is 7.46. The number of methoxy groups -OCH3 is 1. The third-order valence-corrected chi connectivity index (χ3v) is 4.09. The van der Waals surface area contributed by atoms with E-state index in [2.05, 4.69) is 5.10 Å². The Labute approximate surface area is 151 Å². The number of halogens is 1. The number of benzene rings is 2. The van der Waals surface area contributed by atoms with Crippen LogP contribution in [0.5, 0.6) is 11.6 Å². The minimum atomic E-state index is 0.263. The molecule has 0 bridgehead atoms. The normalized spacial score (nSPS) is 10.6. The number of anilines is 1. The summed E-state index contributed by atoms with van der Waals surface area (Å²) < 4.78 is 12.9. The molecule has 1 aromatic heterocycles. The van der Waals surface area contributed by atoms with Crippen LogP contribution in [0.1, 0.15) is 5.56 Å². The summed E-state index contributed by atoms with van der Waals surface area (Å²) >= 11 is 6.28. The zero-order valence-corrected chi connectivity index (χ0v) is 14.8. The van der Waals surface area contributed by atoms with E-state index in [1.807, 2.05) is 42.6 Å². The van der Waals surface area contributed by atoms with Crippen molar-refractivity contribution in [2.75, 3.05) is 19.2 Å². The van der Waals surface area contributed by atoms with Crippen molar-refractivity contribution in [1.29, 1.82) is 0 Å². The van der Waals surface area contributed by atoms with Gasteiger partial charge in [0, 0.05) is 29.9 Å². The summed E-state index contributed by atoms with van der Waals surface area (Å²) in [6.07, 6.45) is 1.82. The van der Waals surface area contributed by atoms with Gasteiger partial charge in [0.1, 0.15) is 18.0 Å². The molecule has 2 N–H and O–H groups in total. The van der Waals surface area contributed by atoms with Crippen LogP contribution in [0.4, 0.5) is 5.69 Å². The predicted molar refractivity (Wildman–Crippen MR) is 98.5 cm³/mol. The SMILES string of the molecule is COc1ccccc1-n1ccc(OCc2c(Cl)cccc2N(C)N)n1. The lowest BCUT2D eigenvalue weighted by atomic mass is 10.2. The van der Waals surface area contributed by atoms with Gasteiger partial charge in [-0.25, -0.2) is 10.5 Å². The highest BCUT2D eigenvalue weighted by Crippen LogP contribution is 2.27. The van der Waals surface area contributed by atoms with Gasteiger partial charge in [0.2, 0.25) is 5.88 Å². The van der Waals surface area contributed by atoms with Gasteiger partial charge < -0.3 is 14.5 Å². The first kappa shape index (κ1) is 17.1. The van der Waals surface area contributed by atoms with Crippen molar-refractivity contribution in [3.05, 3.63) is 65.3 Å². The predicted octanol–water partition coefficient (Wildman–Crippen LogP) is 3.42. The van der Waals surface area contributed by atoms with E-state index in [0.29, 0.717) is 10.9 Å². The Hall–Kier alpha value is -2.70. The standard InChI is InChI=1S/C18H19ClN4O2/c1-22(20)15-8-5-6-14(19)13(15)12-25-18-10-11-23(21-18)16-7-3-4-9-17(16)24-2/h3-11H,12,20H2,1-2H3. The maximum atomic E-state index is 6.28. The summed E-state index contributed by atoms with van der Waals surface area (Å²) in [5.74, 6) is 7.06. The van der Waals surface area contributed by atoms with E-state index in [1.165, 1.54) is 5.01 Å². The molecule has 0 aliphatic carbocycles. The van der Waals surface area contributed by atoms with Crippen molar-refractivity contribution in [3.8, 4) is 17.3 Å². The number of hydrazine groups is 1. The Balaban J connectivity index is 1.79. The molecule has 0 atom stereocenters. The van der Waals surface area contributed by atoms with Crippen molar-refractivity contribution in [1.82, 2.24) is 9.78 Å². The quantitative estimate of drug-likeness (QED) is 0.540. The molecule has 6 nitrogen and oxygen atoms in total. The van der Waals surface area contributed by atoms with Gasteiger partial charge in [-0.3, -0.25) is 0 Å². The van der Waals surface area contributed by atoms with Crippen LogP contribution < -0.4 is 20.3 Å². The molecule has 0 spiro atoms. The average molecular weight is 359 g/mol. The molecule has 25 heavy (non-hydrogen) atoms. The lowest BCUT2D eigenvalue weighted by molar-refractivity contribution is 0.292. The first-order chi connectivity index (χ1) is 12.1. The topological polar surface area (TPSA) is 65.5 Å². The van der Waals surface area contributed by atoms with Gasteiger partial charge in [-0.1, -0.05) is 29.8 Å². The van der Waals surface area contributed by atoms with Crippen molar-refractivity contribution in [2.24, 2.45) is 5.84 Å². The van der Waals surface area contributed by atoms with Crippen molar-refractivity contribution in [3.63, 3.8) is 0 Å². The Morgan fingerprint density at radius 2 is 1.96 bits per heavy atom. The minimum absolute atomic E-state index is 0.263. The summed E-state index contributed by atoms with van der Waals surface area (Å²) in [5.41, 5.74) is 2.44. The molecule has 0 aliphatic rings. The fraction of sp³-hybridized carbons (Fsp3) is 0.167. The van der Waals surface area contributed by atoms with Crippen LogP contribution in [0.25, 0.3) is 5.69 Å². The Kier molecular flexibility index (Phi) is 5.11. The van der Waals surface area contributed by atoms with Crippen LogP contribution in [0.15, 0.2) is 54.7 Å². The number of para-hydroxylation sites is 2. The summed E-state index contributed by atoms with van der Waals surface area (Å²) in [4.78, 5) is 0. The van der Waals surface area contributed by atoms with E-state index >= 15 is 0 Å². The lowest BCUT2D eigenvalue weighted by Crippen LogP contribution is -2.26. The Morgan fingerprint density at radius 3 is 2.72 bits per heavy atom. The van der Waals surface area contributed by atoms with Gasteiger partial charge >= 0.3 is 0 Å². The van der Waals surface area contributed by atoms with Crippen LogP contribution in [0.3, 0.4) is 0 Å². The molecule has 3 aromatic rings. The zero-order chi connectivity index (χ0) is 17.8. The van der Waals surface area contributed by atoms with E-state index in [-0.39, 0.29) is 6.61 Å². The molecule has 3 rings (SSSR count). The first-order valence-electron chi connectivity index (χ1n) is 7.68. The van der Waals surface area contributed by atoms with Gasteiger partial charge in [0.05, 0.1) is 12.8 Å². The summed E-state index contributed by atoms with van der Waals surface area (Å²) in [6, 6.07) is 15.0. The fourth-order valence-corrected chi connectivity index (χ4v) is 2.73. The van der Waals surface area contributed by atoms with Gasteiger partial charge in [0.25, 0.3) is 0 Å². The summed E-state index contributed by atoms with van der Waals surface area (Å²) in [6.45, 7) is 0.263. The van der Waals surface area contributed by atoms with Crippen molar-refractivity contribution >= 4 is 17.3 Å². The van der Waals surface area contributed by atoms with E-state index in [1.54, 1.807) is 31.0 Å². The second-order valence-corrected chi connectivity index (χ2v) is 5.81. The smallest absolute Gasteiger partial charge is 0.233 e. The molecule has 0 saturated carbocycles. The van der Waals surface area contributed by atoms with Crippen molar-refractivity contribution in [2.45, 2.75) is 6.61 Å².